The predicted octanol–water partition coefficient (Wildman–Crippen LogP) is 3.17. The Morgan fingerprint density at radius 2 is 2.10 bits per heavy atom. The molecule has 21 heavy (non-hydrogen) atoms. The van der Waals surface area contributed by atoms with E-state index in [4.69, 9.17) is 0 Å². The quantitative estimate of drug-likeness (QED) is 0.872. The zero-order chi connectivity index (χ0) is 15.1. The van der Waals surface area contributed by atoms with Crippen molar-refractivity contribution in [1.82, 2.24) is 10.2 Å². The van der Waals surface area contributed by atoms with Gasteiger partial charge in [-0.1, -0.05) is 44.2 Å². The van der Waals surface area contributed by atoms with Gasteiger partial charge in [-0.2, -0.15) is 0 Å². The van der Waals surface area contributed by atoms with Crippen molar-refractivity contribution < 1.29 is 4.79 Å². The lowest BCUT2D eigenvalue weighted by molar-refractivity contribution is -0.135. The Balaban J connectivity index is 2.15. The molecule has 3 heteroatoms. The average molecular weight is 288 g/mol. The van der Waals surface area contributed by atoms with Crippen molar-refractivity contribution in [2.24, 2.45) is 0 Å². The van der Waals surface area contributed by atoms with Gasteiger partial charge in [0.15, 0.2) is 0 Å². The first-order valence-electron chi connectivity index (χ1n) is 8.34. The Hall–Kier alpha value is -1.35. The molecule has 0 bridgehead atoms. The molecule has 0 aliphatic carbocycles. The summed E-state index contributed by atoms with van der Waals surface area (Å²) in [5.74, 6) is 0.305. The number of amides is 1. The maximum Gasteiger partial charge on any atom is 0.230 e. The Morgan fingerprint density at radius 3 is 2.67 bits per heavy atom. The zero-order valence-electron chi connectivity index (χ0n) is 13.3. The summed E-state index contributed by atoms with van der Waals surface area (Å²) in [4.78, 5) is 15.2. The highest BCUT2D eigenvalue weighted by Crippen LogP contribution is 2.24. The van der Waals surface area contributed by atoms with E-state index in [1.165, 1.54) is 6.42 Å². The van der Waals surface area contributed by atoms with Crippen molar-refractivity contribution >= 4 is 5.91 Å². The number of rotatable bonds is 6. The molecule has 1 aromatic carbocycles. The van der Waals surface area contributed by atoms with Crippen LogP contribution in [0, 0.1) is 0 Å². The van der Waals surface area contributed by atoms with Gasteiger partial charge in [0, 0.05) is 19.1 Å². The van der Waals surface area contributed by atoms with Gasteiger partial charge in [-0.3, -0.25) is 4.79 Å². The van der Waals surface area contributed by atoms with Crippen molar-refractivity contribution in [3.05, 3.63) is 35.9 Å². The molecule has 0 saturated carbocycles. The Labute approximate surface area is 128 Å². The van der Waals surface area contributed by atoms with Gasteiger partial charge in [-0.25, -0.2) is 0 Å². The summed E-state index contributed by atoms with van der Waals surface area (Å²) in [6.45, 7) is 7.16. The summed E-state index contributed by atoms with van der Waals surface area (Å²) in [5, 5.41) is 3.43. The summed E-state index contributed by atoms with van der Waals surface area (Å²) in [6, 6.07) is 10.6. The topological polar surface area (TPSA) is 32.3 Å². The van der Waals surface area contributed by atoms with E-state index in [0.717, 1.165) is 44.5 Å². The van der Waals surface area contributed by atoms with Gasteiger partial charge in [-0.15, -0.1) is 0 Å². The van der Waals surface area contributed by atoms with Crippen LogP contribution in [0.5, 0.6) is 0 Å². The van der Waals surface area contributed by atoms with Crippen LogP contribution >= 0.6 is 0 Å². The molecule has 2 rings (SSSR count). The van der Waals surface area contributed by atoms with Crippen molar-refractivity contribution in [2.75, 3.05) is 19.6 Å². The molecule has 1 heterocycles. The summed E-state index contributed by atoms with van der Waals surface area (Å²) in [6.07, 6.45) is 4.18. The largest absolute Gasteiger partial charge is 0.338 e. The minimum Gasteiger partial charge on any atom is -0.338 e. The van der Waals surface area contributed by atoms with Crippen molar-refractivity contribution in [1.29, 1.82) is 0 Å². The number of nitrogens with one attached hydrogen (secondary N) is 1. The van der Waals surface area contributed by atoms with Crippen molar-refractivity contribution in [3.8, 4) is 0 Å². The van der Waals surface area contributed by atoms with Crippen LogP contribution in [0.15, 0.2) is 30.3 Å². The molecule has 1 saturated heterocycles. The van der Waals surface area contributed by atoms with Crippen LogP contribution < -0.4 is 5.32 Å². The second-order valence-corrected chi connectivity index (χ2v) is 5.90. The summed E-state index contributed by atoms with van der Waals surface area (Å²) in [5.41, 5.74) is 1.15. The monoisotopic (exact) mass is 288 g/mol. The minimum absolute atomic E-state index is 0.000300. The molecule has 1 amide bonds. The average Bonchev–Trinajstić information content (AvgIpc) is 2.55. The highest BCUT2D eigenvalue weighted by atomic mass is 16.2. The number of hydrogen-bond acceptors (Lipinski definition) is 2. The van der Waals surface area contributed by atoms with Crippen LogP contribution in [0.1, 0.15) is 51.0 Å². The van der Waals surface area contributed by atoms with Gasteiger partial charge in [-0.05, 0) is 37.8 Å². The third-order valence-corrected chi connectivity index (χ3v) is 4.37. The number of benzene rings is 1. The van der Waals surface area contributed by atoms with Crippen LogP contribution in [0.3, 0.4) is 0 Å². The molecule has 2 atom stereocenters. The Morgan fingerprint density at radius 1 is 1.33 bits per heavy atom. The van der Waals surface area contributed by atoms with Crippen LogP contribution in [0.2, 0.25) is 0 Å². The van der Waals surface area contributed by atoms with E-state index in [9.17, 15) is 4.79 Å². The number of hydrogen-bond donors (Lipinski definition) is 1. The summed E-state index contributed by atoms with van der Waals surface area (Å²) < 4.78 is 0. The molecular weight excluding hydrogens is 260 g/mol. The van der Waals surface area contributed by atoms with E-state index in [1.54, 1.807) is 0 Å². The minimum atomic E-state index is -0.000300. The van der Waals surface area contributed by atoms with E-state index in [1.807, 2.05) is 18.2 Å². The van der Waals surface area contributed by atoms with E-state index < -0.39 is 0 Å². The Kier molecular flexibility index (Phi) is 6.24. The molecule has 1 aliphatic heterocycles. The number of carbonyl (C=O) groups excluding carboxylic acids is 1. The molecule has 3 nitrogen and oxygen atoms in total. The standard InChI is InChI=1S/C18H28N2O/c1-3-13-20(16-11-8-12-19-14-16)18(21)17(4-2)15-9-6-5-7-10-15/h5-7,9-10,16-17,19H,3-4,8,11-14H2,1-2H3. The number of piperidine rings is 1. The zero-order valence-corrected chi connectivity index (χ0v) is 13.3. The van der Waals surface area contributed by atoms with E-state index in [-0.39, 0.29) is 5.92 Å². The molecule has 1 aliphatic rings. The maximum absolute atomic E-state index is 13.1. The third-order valence-electron chi connectivity index (χ3n) is 4.37. The fourth-order valence-electron chi connectivity index (χ4n) is 3.25. The van der Waals surface area contributed by atoms with Gasteiger partial charge >= 0.3 is 0 Å². The molecule has 2 unspecified atom stereocenters. The molecule has 116 valence electrons. The predicted molar refractivity (Wildman–Crippen MR) is 87.4 cm³/mol. The summed E-state index contributed by atoms with van der Waals surface area (Å²) >= 11 is 0. The molecule has 1 aromatic rings. The highest BCUT2D eigenvalue weighted by Gasteiger charge is 2.29. The maximum atomic E-state index is 13.1. The van der Waals surface area contributed by atoms with Crippen molar-refractivity contribution in [3.63, 3.8) is 0 Å². The SMILES string of the molecule is CCCN(C(=O)C(CC)c1ccccc1)C1CCCNC1. The van der Waals surface area contributed by atoms with Gasteiger partial charge < -0.3 is 10.2 Å². The van der Waals surface area contributed by atoms with E-state index >= 15 is 0 Å². The number of carbonyl (C=O) groups is 1. The first kappa shape index (κ1) is 16.0. The fraction of sp³-hybridized carbons (Fsp3) is 0.611. The second kappa shape index (κ2) is 8.18. The Bertz CT molecular complexity index is 426. The lowest BCUT2D eigenvalue weighted by Crippen LogP contribution is -2.50. The molecule has 1 fully saturated rings. The molecule has 0 spiro atoms. The lowest BCUT2D eigenvalue weighted by Gasteiger charge is -2.36. The number of nitrogens with zero attached hydrogens (tertiary/aromatic N) is 1. The van der Waals surface area contributed by atoms with Gasteiger partial charge in [0.2, 0.25) is 5.91 Å². The first-order valence-corrected chi connectivity index (χ1v) is 8.34. The van der Waals surface area contributed by atoms with Crippen LogP contribution in [-0.2, 0) is 4.79 Å². The van der Waals surface area contributed by atoms with Gasteiger partial charge in [0.1, 0.15) is 0 Å². The first-order chi connectivity index (χ1) is 10.3. The fourth-order valence-corrected chi connectivity index (χ4v) is 3.25. The normalized spacial score (nSPS) is 20.0. The van der Waals surface area contributed by atoms with E-state index in [0.29, 0.717) is 11.9 Å². The highest BCUT2D eigenvalue weighted by molar-refractivity contribution is 5.84. The van der Waals surface area contributed by atoms with Crippen molar-refractivity contribution in [2.45, 2.75) is 51.5 Å². The smallest absolute Gasteiger partial charge is 0.230 e. The molecule has 0 aromatic heterocycles. The lowest BCUT2D eigenvalue weighted by atomic mass is 9.93. The molecule has 0 radical (unpaired) electrons. The van der Waals surface area contributed by atoms with E-state index in [2.05, 4.69) is 36.2 Å². The van der Waals surface area contributed by atoms with Crippen LogP contribution in [0.4, 0.5) is 0 Å². The molecular formula is C18H28N2O. The van der Waals surface area contributed by atoms with Crippen LogP contribution in [0.25, 0.3) is 0 Å². The molecule has 1 N–H and O–H groups in total. The second-order valence-electron chi connectivity index (χ2n) is 5.90. The van der Waals surface area contributed by atoms with Gasteiger partial charge in [0.25, 0.3) is 0 Å². The third kappa shape index (κ3) is 4.07. The van der Waals surface area contributed by atoms with Crippen LogP contribution in [-0.4, -0.2) is 36.5 Å². The van der Waals surface area contributed by atoms with Gasteiger partial charge in [0.05, 0.1) is 5.92 Å². The summed E-state index contributed by atoms with van der Waals surface area (Å²) in [7, 11) is 0.